The molecule has 0 saturated carbocycles. The van der Waals surface area contributed by atoms with E-state index in [-0.39, 0.29) is 18.5 Å². The summed E-state index contributed by atoms with van der Waals surface area (Å²) in [6.07, 6.45) is 1.86. The zero-order valence-corrected chi connectivity index (χ0v) is 24.5. The number of hydrogen-bond acceptors (Lipinski definition) is 7. The molecular formula is C30H40N6O5. The van der Waals surface area contributed by atoms with E-state index in [0.29, 0.717) is 37.9 Å². The Bertz CT molecular complexity index is 1290. The molecule has 1 fully saturated rings. The van der Waals surface area contributed by atoms with Gasteiger partial charge in [-0.15, -0.1) is 0 Å². The van der Waals surface area contributed by atoms with Crippen LogP contribution in [0.5, 0.6) is 11.5 Å². The number of carbonyl (C=O) groups is 2. The summed E-state index contributed by atoms with van der Waals surface area (Å²) in [5, 5.41) is 5.92. The van der Waals surface area contributed by atoms with Crippen LogP contribution >= 0.6 is 0 Å². The Morgan fingerprint density at radius 3 is 2.17 bits per heavy atom. The Balaban J connectivity index is 1.56. The molecule has 1 aromatic heterocycles. The monoisotopic (exact) mass is 564 g/mol. The molecule has 41 heavy (non-hydrogen) atoms. The molecule has 1 aliphatic rings. The largest absolute Gasteiger partial charge is 0.497 e. The number of carbonyl (C=O) groups excluding carboxylic acids is 2. The third-order valence-electron chi connectivity index (χ3n) is 6.59. The van der Waals surface area contributed by atoms with Crippen LogP contribution in [0.3, 0.4) is 0 Å². The third kappa shape index (κ3) is 8.45. The maximum absolute atomic E-state index is 13.4. The molecule has 0 aliphatic carbocycles. The minimum Gasteiger partial charge on any atom is -0.497 e. The number of benzene rings is 2. The molecule has 2 heterocycles. The number of methoxy groups -OCH3 is 2. The van der Waals surface area contributed by atoms with Gasteiger partial charge >= 0.3 is 6.03 Å². The molecule has 0 bridgehead atoms. The standard InChI is InChI=1S/C30H40N6O5/c1-30(2,3)33-29(38)35(15-14-34-16-18-41-19-17-34)21-27(37)32-28-31-26(22-6-10-24(39-4)11-7-22)20-36(28)23-8-12-25(40-5)13-9-23/h6-13,20H,14-19,21H2,1-5H3,(H,33,38)(H,31,32,37). The zero-order chi connectivity index (χ0) is 29.4. The number of imidazole rings is 1. The van der Waals surface area contributed by atoms with Crippen molar-refractivity contribution in [1.29, 1.82) is 0 Å². The van der Waals surface area contributed by atoms with Gasteiger partial charge < -0.3 is 24.4 Å². The van der Waals surface area contributed by atoms with Gasteiger partial charge in [0, 0.05) is 49.2 Å². The lowest BCUT2D eigenvalue weighted by atomic mass is 10.1. The van der Waals surface area contributed by atoms with Crippen LogP contribution in [-0.4, -0.2) is 97.0 Å². The van der Waals surface area contributed by atoms with Gasteiger partial charge in [-0.05, 0) is 69.3 Å². The van der Waals surface area contributed by atoms with E-state index >= 15 is 0 Å². The van der Waals surface area contributed by atoms with Crippen molar-refractivity contribution in [3.05, 3.63) is 54.7 Å². The van der Waals surface area contributed by atoms with Crippen molar-refractivity contribution in [1.82, 2.24) is 24.7 Å². The van der Waals surface area contributed by atoms with Gasteiger partial charge in [-0.1, -0.05) is 0 Å². The lowest BCUT2D eigenvalue weighted by Crippen LogP contribution is -2.52. The Hall–Kier alpha value is -4.09. The van der Waals surface area contributed by atoms with Crippen molar-refractivity contribution in [2.45, 2.75) is 26.3 Å². The quantitative estimate of drug-likeness (QED) is 0.387. The fraction of sp³-hybridized carbons (Fsp3) is 0.433. The summed E-state index contributed by atoms with van der Waals surface area (Å²) in [4.78, 5) is 35.1. The smallest absolute Gasteiger partial charge is 0.318 e. The first-order valence-corrected chi connectivity index (χ1v) is 13.7. The third-order valence-corrected chi connectivity index (χ3v) is 6.59. The highest BCUT2D eigenvalue weighted by Gasteiger charge is 2.24. The average Bonchev–Trinajstić information content (AvgIpc) is 3.38. The second-order valence-corrected chi connectivity index (χ2v) is 10.9. The summed E-state index contributed by atoms with van der Waals surface area (Å²) in [6.45, 7) is 9.60. The van der Waals surface area contributed by atoms with Crippen molar-refractivity contribution in [3.8, 4) is 28.4 Å². The lowest BCUT2D eigenvalue weighted by molar-refractivity contribution is -0.116. The molecule has 1 saturated heterocycles. The topological polar surface area (TPSA) is 110 Å². The van der Waals surface area contributed by atoms with Crippen LogP contribution in [-0.2, 0) is 9.53 Å². The number of nitrogens with one attached hydrogen (secondary N) is 2. The van der Waals surface area contributed by atoms with Crippen LogP contribution < -0.4 is 20.1 Å². The SMILES string of the molecule is COc1ccc(-c2cn(-c3ccc(OC)cc3)c(NC(=O)CN(CCN3CCOCC3)C(=O)NC(C)(C)C)n2)cc1. The summed E-state index contributed by atoms with van der Waals surface area (Å²) in [5.41, 5.74) is 1.89. The number of hydrogen-bond donors (Lipinski definition) is 2. The Morgan fingerprint density at radius 1 is 0.976 bits per heavy atom. The van der Waals surface area contributed by atoms with E-state index in [2.05, 4.69) is 15.5 Å². The van der Waals surface area contributed by atoms with Gasteiger partial charge in [-0.2, -0.15) is 0 Å². The van der Waals surface area contributed by atoms with Crippen molar-refractivity contribution in [2.75, 3.05) is 65.5 Å². The molecule has 2 aromatic carbocycles. The van der Waals surface area contributed by atoms with Crippen LogP contribution in [0, 0.1) is 0 Å². The Labute approximate surface area is 241 Å². The first kappa shape index (κ1) is 29.9. The summed E-state index contributed by atoms with van der Waals surface area (Å²) in [7, 11) is 3.23. The molecule has 1 aliphatic heterocycles. The van der Waals surface area contributed by atoms with E-state index in [4.69, 9.17) is 19.2 Å². The predicted octanol–water partition coefficient (Wildman–Crippen LogP) is 3.64. The van der Waals surface area contributed by atoms with Crippen LogP contribution in [0.4, 0.5) is 10.7 Å². The Morgan fingerprint density at radius 2 is 1.59 bits per heavy atom. The molecule has 2 N–H and O–H groups in total. The molecule has 0 atom stereocenters. The van der Waals surface area contributed by atoms with E-state index in [1.54, 1.807) is 19.1 Å². The number of nitrogens with zero attached hydrogens (tertiary/aromatic N) is 4. The fourth-order valence-electron chi connectivity index (χ4n) is 4.39. The minimum atomic E-state index is -0.442. The van der Waals surface area contributed by atoms with Gasteiger partial charge in [-0.3, -0.25) is 19.6 Å². The lowest BCUT2D eigenvalue weighted by Gasteiger charge is -2.31. The minimum absolute atomic E-state index is 0.125. The number of rotatable bonds is 10. The van der Waals surface area contributed by atoms with Gasteiger partial charge in [0.2, 0.25) is 11.9 Å². The second kappa shape index (κ2) is 13.5. The number of anilines is 1. The number of amides is 3. The van der Waals surface area contributed by atoms with Gasteiger partial charge in [0.15, 0.2) is 0 Å². The highest BCUT2D eigenvalue weighted by atomic mass is 16.5. The molecule has 220 valence electrons. The molecular weight excluding hydrogens is 524 g/mol. The highest BCUT2D eigenvalue weighted by molar-refractivity contribution is 5.93. The zero-order valence-electron chi connectivity index (χ0n) is 24.5. The normalized spacial score (nSPS) is 13.9. The number of urea groups is 1. The van der Waals surface area contributed by atoms with Crippen LogP contribution in [0.1, 0.15) is 20.8 Å². The molecule has 11 nitrogen and oxygen atoms in total. The van der Waals surface area contributed by atoms with Crippen LogP contribution in [0.25, 0.3) is 16.9 Å². The maximum Gasteiger partial charge on any atom is 0.318 e. The molecule has 0 spiro atoms. The average molecular weight is 565 g/mol. The second-order valence-electron chi connectivity index (χ2n) is 10.9. The number of aromatic nitrogens is 2. The van der Waals surface area contributed by atoms with Gasteiger partial charge in [0.05, 0.1) is 33.1 Å². The summed E-state index contributed by atoms with van der Waals surface area (Å²) in [6, 6.07) is 14.7. The van der Waals surface area contributed by atoms with E-state index in [1.165, 1.54) is 0 Å². The van der Waals surface area contributed by atoms with E-state index in [0.717, 1.165) is 35.8 Å². The molecule has 0 unspecified atom stereocenters. The Kier molecular flexibility index (Phi) is 9.85. The van der Waals surface area contributed by atoms with Crippen LogP contribution in [0.2, 0.25) is 0 Å². The van der Waals surface area contributed by atoms with E-state index in [9.17, 15) is 9.59 Å². The molecule has 4 rings (SSSR count). The van der Waals surface area contributed by atoms with Crippen LogP contribution in [0.15, 0.2) is 54.7 Å². The van der Waals surface area contributed by atoms with Crippen molar-refractivity contribution < 1.29 is 23.8 Å². The summed E-state index contributed by atoms with van der Waals surface area (Å²) in [5.74, 6) is 1.45. The van der Waals surface area contributed by atoms with Gasteiger partial charge in [0.1, 0.15) is 18.0 Å². The van der Waals surface area contributed by atoms with Crippen molar-refractivity contribution in [3.63, 3.8) is 0 Å². The number of ether oxygens (including phenoxy) is 3. The van der Waals surface area contributed by atoms with Crippen molar-refractivity contribution in [2.24, 2.45) is 0 Å². The highest BCUT2D eigenvalue weighted by Crippen LogP contribution is 2.27. The first-order valence-electron chi connectivity index (χ1n) is 13.7. The first-order chi connectivity index (χ1) is 19.6. The van der Waals surface area contributed by atoms with E-state index < -0.39 is 5.54 Å². The summed E-state index contributed by atoms with van der Waals surface area (Å²) >= 11 is 0. The molecule has 3 aromatic rings. The summed E-state index contributed by atoms with van der Waals surface area (Å²) < 4.78 is 17.8. The van der Waals surface area contributed by atoms with Crippen molar-refractivity contribution >= 4 is 17.9 Å². The number of morpholine rings is 1. The molecule has 0 radical (unpaired) electrons. The van der Waals surface area contributed by atoms with Gasteiger partial charge in [-0.25, -0.2) is 9.78 Å². The maximum atomic E-state index is 13.4. The molecule has 3 amide bonds. The van der Waals surface area contributed by atoms with Gasteiger partial charge in [0.25, 0.3) is 0 Å². The van der Waals surface area contributed by atoms with E-state index in [1.807, 2.05) is 80.1 Å². The predicted molar refractivity (Wildman–Crippen MR) is 158 cm³/mol. The molecule has 11 heteroatoms. The fourth-order valence-corrected chi connectivity index (χ4v) is 4.39.